The van der Waals surface area contributed by atoms with Crippen molar-refractivity contribution in [3.05, 3.63) is 12.3 Å². The van der Waals surface area contributed by atoms with Crippen molar-refractivity contribution in [2.24, 2.45) is 5.92 Å². The molecule has 0 unspecified atom stereocenters. The molecule has 0 bridgehead atoms. The van der Waals surface area contributed by atoms with Gasteiger partial charge in [0.05, 0.1) is 0 Å². The number of hydrogen-bond acceptors (Lipinski definition) is 2. The predicted octanol–water partition coefficient (Wildman–Crippen LogP) is 1.65. The Morgan fingerprint density at radius 2 is 1.82 bits per heavy atom. The summed E-state index contributed by atoms with van der Waals surface area (Å²) in [6, 6.07) is 0.0485. The van der Waals surface area contributed by atoms with Crippen LogP contribution in [0.15, 0.2) is 12.3 Å². The zero-order valence-corrected chi connectivity index (χ0v) is 10.7. The van der Waals surface area contributed by atoms with Gasteiger partial charge in [-0.05, 0) is 25.8 Å². The molecule has 2 amide bonds. The minimum absolute atomic E-state index is 0.0485. The van der Waals surface area contributed by atoms with Gasteiger partial charge in [-0.3, -0.25) is 0 Å². The zero-order valence-electron chi connectivity index (χ0n) is 10.7. The van der Waals surface area contributed by atoms with E-state index >= 15 is 0 Å². The topological polar surface area (TPSA) is 35.6 Å². The fraction of sp³-hybridized carbons (Fsp3) is 0.769. The molecule has 2 fully saturated rings. The van der Waals surface area contributed by atoms with Crippen LogP contribution in [0.1, 0.15) is 25.7 Å². The lowest BCUT2D eigenvalue weighted by Gasteiger charge is -2.32. The third-order valence-electron chi connectivity index (χ3n) is 3.77. The second-order valence-electron chi connectivity index (χ2n) is 5.14. The monoisotopic (exact) mass is 237 g/mol. The molecule has 4 heteroatoms. The highest BCUT2D eigenvalue weighted by Gasteiger charge is 2.18. The second kappa shape index (κ2) is 6.05. The minimum Gasteiger partial charge on any atom is -0.322 e. The molecule has 1 saturated carbocycles. The molecule has 2 rings (SSSR count). The number of hydrogen-bond donors (Lipinski definition) is 1. The Balaban J connectivity index is 1.69. The highest BCUT2D eigenvalue weighted by atomic mass is 16.2. The van der Waals surface area contributed by atoms with Gasteiger partial charge in [-0.25, -0.2) is 4.79 Å². The summed E-state index contributed by atoms with van der Waals surface area (Å²) in [5.74, 6) is 0.683. The average Bonchev–Trinajstić information content (AvgIpc) is 2.83. The molecule has 96 valence electrons. The number of urea groups is 1. The Bertz CT molecular complexity index is 276. The summed E-state index contributed by atoms with van der Waals surface area (Å²) in [5, 5.41) is 2.88. The molecular formula is C13H23N3O. The maximum absolute atomic E-state index is 11.8. The van der Waals surface area contributed by atoms with E-state index in [1.807, 2.05) is 11.1 Å². The van der Waals surface area contributed by atoms with Gasteiger partial charge in [0.2, 0.25) is 0 Å². The lowest BCUT2D eigenvalue weighted by Crippen LogP contribution is -2.49. The second-order valence-corrected chi connectivity index (χ2v) is 5.14. The quantitative estimate of drug-likeness (QED) is 0.792. The number of nitrogens with zero attached hydrogens (tertiary/aromatic N) is 2. The van der Waals surface area contributed by atoms with E-state index in [0.29, 0.717) is 5.92 Å². The standard InChI is InChI=1S/C13H23N3O/c1-15-8-10-16(11-9-15)13(17)14-7-6-12-4-2-3-5-12/h6-7,12H,2-5,8-11H2,1H3,(H,14,17)/b7-6+. The number of carbonyl (C=O) groups is 1. The summed E-state index contributed by atoms with van der Waals surface area (Å²) in [6.07, 6.45) is 9.22. The number of likely N-dealkylation sites (N-methyl/N-ethyl adjacent to an activating group) is 1. The number of nitrogens with one attached hydrogen (secondary N) is 1. The summed E-state index contributed by atoms with van der Waals surface area (Å²) in [6.45, 7) is 3.61. The Kier molecular flexibility index (Phi) is 4.42. The summed E-state index contributed by atoms with van der Waals surface area (Å²) in [5.41, 5.74) is 0. The maximum Gasteiger partial charge on any atom is 0.321 e. The van der Waals surface area contributed by atoms with E-state index in [2.05, 4.69) is 23.3 Å². The van der Waals surface area contributed by atoms with Crippen LogP contribution >= 0.6 is 0 Å². The summed E-state index contributed by atoms with van der Waals surface area (Å²) in [7, 11) is 2.09. The van der Waals surface area contributed by atoms with Crippen molar-refractivity contribution in [3.63, 3.8) is 0 Å². The van der Waals surface area contributed by atoms with Gasteiger partial charge in [0.1, 0.15) is 0 Å². The van der Waals surface area contributed by atoms with Crippen LogP contribution in [0, 0.1) is 5.92 Å². The van der Waals surface area contributed by atoms with Crippen molar-refractivity contribution in [2.45, 2.75) is 25.7 Å². The van der Waals surface area contributed by atoms with E-state index in [1.165, 1.54) is 25.7 Å². The van der Waals surface area contributed by atoms with E-state index in [4.69, 9.17) is 0 Å². The van der Waals surface area contributed by atoms with Crippen LogP contribution < -0.4 is 5.32 Å². The number of allylic oxidation sites excluding steroid dienone is 1. The summed E-state index contributed by atoms with van der Waals surface area (Å²) >= 11 is 0. The molecule has 1 heterocycles. The smallest absolute Gasteiger partial charge is 0.321 e. The first-order valence-corrected chi connectivity index (χ1v) is 6.66. The van der Waals surface area contributed by atoms with Crippen molar-refractivity contribution >= 4 is 6.03 Å². The predicted molar refractivity (Wildman–Crippen MR) is 68.7 cm³/mol. The summed E-state index contributed by atoms with van der Waals surface area (Å²) in [4.78, 5) is 16.0. The van der Waals surface area contributed by atoms with Crippen LogP contribution in [0.3, 0.4) is 0 Å². The molecule has 4 nitrogen and oxygen atoms in total. The highest BCUT2D eigenvalue weighted by Crippen LogP contribution is 2.25. The molecule has 0 atom stereocenters. The normalized spacial score (nSPS) is 23.5. The number of carbonyl (C=O) groups excluding carboxylic acids is 1. The van der Waals surface area contributed by atoms with Gasteiger partial charge < -0.3 is 15.1 Å². The van der Waals surface area contributed by atoms with Crippen molar-refractivity contribution in [3.8, 4) is 0 Å². The maximum atomic E-state index is 11.8. The van der Waals surface area contributed by atoms with Crippen molar-refractivity contribution in [2.75, 3.05) is 33.2 Å². The number of amides is 2. The first-order valence-electron chi connectivity index (χ1n) is 6.66. The third-order valence-corrected chi connectivity index (χ3v) is 3.77. The van der Waals surface area contributed by atoms with Crippen LogP contribution in [0.2, 0.25) is 0 Å². The van der Waals surface area contributed by atoms with Gasteiger partial charge in [-0.1, -0.05) is 18.9 Å². The average molecular weight is 237 g/mol. The molecular weight excluding hydrogens is 214 g/mol. The largest absolute Gasteiger partial charge is 0.322 e. The molecule has 1 saturated heterocycles. The SMILES string of the molecule is CN1CCN(C(=O)N/C=C/C2CCCC2)CC1. The molecule has 0 aromatic carbocycles. The molecule has 1 aliphatic heterocycles. The Morgan fingerprint density at radius 1 is 1.18 bits per heavy atom. The van der Waals surface area contributed by atoms with Gasteiger partial charge in [0, 0.05) is 32.4 Å². The van der Waals surface area contributed by atoms with Crippen LogP contribution in [-0.4, -0.2) is 49.1 Å². The van der Waals surface area contributed by atoms with E-state index in [-0.39, 0.29) is 6.03 Å². The Morgan fingerprint density at radius 3 is 2.47 bits per heavy atom. The van der Waals surface area contributed by atoms with Crippen molar-refractivity contribution in [1.29, 1.82) is 0 Å². The molecule has 2 aliphatic rings. The minimum atomic E-state index is 0.0485. The lowest BCUT2D eigenvalue weighted by molar-refractivity contribution is 0.157. The number of rotatable bonds is 2. The van der Waals surface area contributed by atoms with E-state index < -0.39 is 0 Å². The molecule has 0 spiro atoms. The summed E-state index contributed by atoms with van der Waals surface area (Å²) < 4.78 is 0. The fourth-order valence-electron chi connectivity index (χ4n) is 2.51. The fourth-order valence-corrected chi connectivity index (χ4v) is 2.51. The van der Waals surface area contributed by atoms with Gasteiger partial charge in [-0.15, -0.1) is 0 Å². The number of piperazine rings is 1. The van der Waals surface area contributed by atoms with E-state index in [9.17, 15) is 4.79 Å². The Labute approximate surface area is 104 Å². The van der Waals surface area contributed by atoms with Crippen molar-refractivity contribution in [1.82, 2.24) is 15.1 Å². The Hall–Kier alpha value is -1.03. The molecule has 1 N–H and O–H groups in total. The van der Waals surface area contributed by atoms with Crippen LogP contribution in [0.5, 0.6) is 0 Å². The van der Waals surface area contributed by atoms with Crippen LogP contribution in [0.25, 0.3) is 0 Å². The first-order chi connectivity index (χ1) is 8.25. The zero-order chi connectivity index (χ0) is 12.1. The van der Waals surface area contributed by atoms with Crippen molar-refractivity contribution < 1.29 is 4.79 Å². The van der Waals surface area contributed by atoms with Crippen LogP contribution in [-0.2, 0) is 0 Å². The van der Waals surface area contributed by atoms with Gasteiger partial charge in [-0.2, -0.15) is 0 Å². The van der Waals surface area contributed by atoms with Gasteiger partial charge in [0.15, 0.2) is 0 Å². The first kappa shape index (κ1) is 12.4. The molecule has 0 aromatic heterocycles. The highest BCUT2D eigenvalue weighted by molar-refractivity contribution is 5.75. The molecule has 0 aromatic rings. The lowest BCUT2D eigenvalue weighted by atomic mass is 10.1. The molecule has 1 aliphatic carbocycles. The van der Waals surface area contributed by atoms with Gasteiger partial charge >= 0.3 is 6.03 Å². The molecule has 17 heavy (non-hydrogen) atoms. The van der Waals surface area contributed by atoms with Gasteiger partial charge in [0.25, 0.3) is 0 Å². The molecule has 0 radical (unpaired) electrons. The third kappa shape index (κ3) is 3.73. The van der Waals surface area contributed by atoms with E-state index in [1.54, 1.807) is 0 Å². The van der Waals surface area contributed by atoms with E-state index in [0.717, 1.165) is 26.2 Å². The van der Waals surface area contributed by atoms with Crippen LogP contribution in [0.4, 0.5) is 4.79 Å².